The van der Waals surface area contributed by atoms with Crippen molar-refractivity contribution in [3.05, 3.63) is 247 Å². The largest absolute Gasteiger partial charge is 0.455 e. The molecule has 0 amide bonds. The number of fused-ring (bicyclic) bond motifs is 17. The van der Waals surface area contributed by atoms with E-state index in [-0.39, 0.29) is 0 Å². The van der Waals surface area contributed by atoms with Crippen LogP contribution in [0.5, 0.6) is 0 Å². The van der Waals surface area contributed by atoms with Gasteiger partial charge >= 0.3 is 0 Å². The van der Waals surface area contributed by atoms with Crippen molar-refractivity contribution in [2.24, 2.45) is 0 Å². The lowest BCUT2D eigenvalue weighted by atomic mass is 9.67. The van der Waals surface area contributed by atoms with Crippen molar-refractivity contribution in [2.45, 2.75) is 15.2 Å². The molecule has 2 nitrogen and oxygen atoms in total. The van der Waals surface area contributed by atoms with Gasteiger partial charge < -0.3 is 9.32 Å². The summed E-state index contributed by atoms with van der Waals surface area (Å²) in [4.78, 5) is 5.09. The summed E-state index contributed by atoms with van der Waals surface area (Å²) in [7, 11) is 0. The first-order valence-corrected chi connectivity index (χ1v) is 22.8. The van der Waals surface area contributed by atoms with Gasteiger partial charge in [0, 0.05) is 42.4 Å². The Morgan fingerprint density at radius 1 is 0.375 bits per heavy atom. The SMILES string of the molecule is c1ccc2c(c1)Sc1c(-c3ccc(N(c4cc5ccccc5c5ccccc45)c4cc5c6ccccc6oc5c5ccccc45)cc3)cccc1C21c2ccccc2-c2ccccc21. The molecular formula is C61H37NOS. The maximum absolute atomic E-state index is 6.63. The molecule has 1 spiro atoms. The number of benzene rings is 11. The maximum Gasteiger partial charge on any atom is 0.143 e. The van der Waals surface area contributed by atoms with Gasteiger partial charge in [0.15, 0.2) is 0 Å². The first-order valence-electron chi connectivity index (χ1n) is 22.0. The van der Waals surface area contributed by atoms with E-state index in [0.29, 0.717) is 0 Å². The predicted molar refractivity (Wildman–Crippen MR) is 268 cm³/mol. The molecule has 2 aliphatic rings. The Labute approximate surface area is 374 Å². The van der Waals surface area contributed by atoms with E-state index in [4.69, 9.17) is 4.42 Å². The molecule has 0 N–H and O–H groups in total. The number of rotatable bonds is 4. The van der Waals surface area contributed by atoms with Crippen molar-refractivity contribution >= 4 is 83.1 Å². The highest BCUT2D eigenvalue weighted by molar-refractivity contribution is 7.99. The highest BCUT2D eigenvalue weighted by Gasteiger charge is 2.50. The number of hydrogen-bond donors (Lipinski definition) is 0. The molecule has 298 valence electrons. The molecule has 1 aliphatic heterocycles. The molecule has 0 radical (unpaired) electrons. The first kappa shape index (κ1) is 35.7. The Bertz CT molecular complexity index is 3850. The van der Waals surface area contributed by atoms with Gasteiger partial charge in [0.25, 0.3) is 0 Å². The van der Waals surface area contributed by atoms with Gasteiger partial charge in [0.05, 0.1) is 16.8 Å². The van der Waals surface area contributed by atoms with Crippen molar-refractivity contribution in [1.29, 1.82) is 0 Å². The summed E-state index contributed by atoms with van der Waals surface area (Å²) in [6, 6.07) is 82.8. The average Bonchev–Trinajstić information content (AvgIpc) is 3.88. The summed E-state index contributed by atoms with van der Waals surface area (Å²) in [6.07, 6.45) is 0. The van der Waals surface area contributed by atoms with Crippen molar-refractivity contribution in [3.8, 4) is 22.3 Å². The Kier molecular flexibility index (Phi) is 7.57. The van der Waals surface area contributed by atoms with E-state index >= 15 is 0 Å². The van der Waals surface area contributed by atoms with E-state index in [9.17, 15) is 0 Å². The van der Waals surface area contributed by atoms with E-state index in [1.165, 1.54) is 75.8 Å². The average molecular weight is 832 g/mol. The van der Waals surface area contributed by atoms with Crippen LogP contribution < -0.4 is 4.90 Å². The first-order chi connectivity index (χ1) is 31.8. The number of furan rings is 1. The van der Waals surface area contributed by atoms with E-state index in [1.54, 1.807) is 0 Å². The summed E-state index contributed by atoms with van der Waals surface area (Å²) in [5.41, 5.74) is 15.2. The van der Waals surface area contributed by atoms with Crippen molar-refractivity contribution in [2.75, 3.05) is 4.90 Å². The minimum atomic E-state index is -0.425. The van der Waals surface area contributed by atoms with Gasteiger partial charge in [0.1, 0.15) is 11.2 Å². The number of nitrogens with zero attached hydrogens (tertiary/aromatic N) is 1. The molecule has 0 atom stereocenters. The molecule has 64 heavy (non-hydrogen) atoms. The summed E-state index contributed by atoms with van der Waals surface area (Å²) < 4.78 is 6.63. The molecule has 0 saturated heterocycles. The highest BCUT2D eigenvalue weighted by atomic mass is 32.2. The lowest BCUT2D eigenvalue weighted by molar-refractivity contribution is 0.672. The van der Waals surface area contributed by atoms with Crippen LogP contribution in [0.4, 0.5) is 17.1 Å². The van der Waals surface area contributed by atoms with E-state index in [2.05, 4.69) is 229 Å². The molecule has 2 heterocycles. The molecule has 0 saturated carbocycles. The van der Waals surface area contributed by atoms with Crippen LogP contribution >= 0.6 is 11.8 Å². The summed E-state index contributed by atoms with van der Waals surface area (Å²) in [5, 5.41) is 9.31. The molecule has 11 aromatic carbocycles. The van der Waals surface area contributed by atoms with Crippen molar-refractivity contribution < 1.29 is 4.42 Å². The smallest absolute Gasteiger partial charge is 0.143 e. The van der Waals surface area contributed by atoms with Crippen LogP contribution in [0.1, 0.15) is 22.3 Å². The molecule has 12 aromatic rings. The van der Waals surface area contributed by atoms with Crippen molar-refractivity contribution in [1.82, 2.24) is 0 Å². The standard InChI is InChI=1S/C61H37NOS/c1-2-17-41-39(16-1)36-55(46-21-4-3-18-43(41)46)62(56-37-50-48-23-9-13-30-57(48)63-59(50)49-24-6-5-22-47(49)56)40-34-32-38(33-35-40)42-25-15-29-54-60(42)64-58-31-14-12-28-53(58)61(54)51-26-10-7-19-44(51)45-20-8-11-27-52(45)61/h1-37H. The van der Waals surface area contributed by atoms with E-state index in [0.717, 1.165) is 49.8 Å². The van der Waals surface area contributed by atoms with Gasteiger partial charge in [-0.05, 0) is 97.1 Å². The van der Waals surface area contributed by atoms with Gasteiger partial charge in [-0.15, -0.1) is 0 Å². The molecular weight excluding hydrogens is 795 g/mol. The van der Waals surface area contributed by atoms with Gasteiger partial charge in [-0.25, -0.2) is 0 Å². The Hall–Kier alpha value is -7.85. The van der Waals surface area contributed by atoms with E-state index in [1.807, 2.05) is 11.8 Å². The molecule has 0 unspecified atom stereocenters. The molecule has 14 rings (SSSR count). The van der Waals surface area contributed by atoms with Crippen LogP contribution in [-0.4, -0.2) is 0 Å². The second-order valence-corrected chi connectivity index (χ2v) is 18.1. The maximum atomic E-state index is 6.63. The van der Waals surface area contributed by atoms with Crippen molar-refractivity contribution in [3.63, 3.8) is 0 Å². The minimum absolute atomic E-state index is 0.425. The molecule has 1 aromatic heterocycles. The fourth-order valence-corrected chi connectivity index (χ4v) is 12.6. The van der Waals surface area contributed by atoms with Gasteiger partial charge in [-0.1, -0.05) is 200 Å². The zero-order chi connectivity index (χ0) is 41.9. The minimum Gasteiger partial charge on any atom is -0.455 e. The Morgan fingerprint density at radius 2 is 0.922 bits per heavy atom. The van der Waals surface area contributed by atoms with Gasteiger partial charge in [-0.3, -0.25) is 0 Å². The van der Waals surface area contributed by atoms with Crippen LogP contribution in [0.3, 0.4) is 0 Å². The third-order valence-electron chi connectivity index (χ3n) is 13.9. The second-order valence-electron chi connectivity index (χ2n) is 17.1. The van der Waals surface area contributed by atoms with Gasteiger partial charge in [0.2, 0.25) is 0 Å². The molecule has 0 bridgehead atoms. The summed E-state index contributed by atoms with van der Waals surface area (Å²) in [5.74, 6) is 0. The van der Waals surface area contributed by atoms with Gasteiger partial charge in [-0.2, -0.15) is 0 Å². The zero-order valence-electron chi connectivity index (χ0n) is 34.6. The monoisotopic (exact) mass is 831 g/mol. The quantitative estimate of drug-likeness (QED) is 0.164. The lowest BCUT2D eigenvalue weighted by Gasteiger charge is -2.40. The fourth-order valence-electron chi connectivity index (χ4n) is 11.2. The van der Waals surface area contributed by atoms with Crippen LogP contribution in [-0.2, 0) is 5.41 Å². The normalized spacial score (nSPS) is 13.4. The van der Waals surface area contributed by atoms with E-state index < -0.39 is 5.41 Å². The lowest BCUT2D eigenvalue weighted by Crippen LogP contribution is -2.32. The molecule has 3 heteroatoms. The third kappa shape index (κ3) is 4.87. The topological polar surface area (TPSA) is 16.4 Å². The highest BCUT2D eigenvalue weighted by Crippen LogP contribution is 2.63. The Balaban J connectivity index is 1.01. The predicted octanol–water partition coefficient (Wildman–Crippen LogP) is 17.0. The summed E-state index contributed by atoms with van der Waals surface area (Å²) in [6.45, 7) is 0. The number of para-hydroxylation sites is 1. The zero-order valence-corrected chi connectivity index (χ0v) is 35.4. The van der Waals surface area contributed by atoms with Crippen LogP contribution in [0.25, 0.3) is 76.5 Å². The molecule has 1 aliphatic carbocycles. The molecule has 0 fully saturated rings. The number of hydrogen-bond acceptors (Lipinski definition) is 3. The third-order valence-corrected chi connectivity index (χ3v) is 15.1. The second kappa shape index (κ2) is 13.6. The fraction of sp³-hybridized carbons (Fsp3) is 0.0164. The van der Waals surface area contributed by atoms with Crippen LogP contribution in [0.2, 0.25) is 0 Å². The number of anilines is 3. The summed E-state index contributed by atoms with van der Waals surface area (Å²) >= 11 is 1.91. The Morgan fingerprint density at radius 3 is 1.69 bits per heavy atom. The van der Waals surface area contributed by atoms with Crippen LogP contribution in [0, 0.1) is 0 Å². The van der Waals surface area contributed by atoms with Crippen LogP contribution in [0.15, 0.2) is 239 Å².